The highest BCUT2D eigenvalue weighted by molar-refractivity contribution is 6.30. The fraction of sp³-hybridized carbons (Fsp3) is 0.357. The van der Waals surface area contributed by atoms with Gasteiger partial charge in [-0.15, -0.1) is 0 Å². The summed E-state index contributed by atoms with van der Waals surface area (Å²) in [6.07, 6.45) is 2.86. The molecule has 4 heteroatoms. The molecule has 1 N–H and O–H groups in total. The SMILES string of the molecule is CCCNCc1ncc(-c2ccc(Cl)cc2C)o1. The number of rotatable bonds is 5. The Morgan fingerprint density at radius 2 is 2.22 bits per heavy atom. The van der Waals surface area contributed by atoms with Gasteiger partial charge in [0.25, 0.3) is 0 Å². The van der Waals surface area contributed by atoms with E-state index in [1.165, 1.54) is 0 Å². The molecule has 0 bridgehead atoms. The number of aromatic nitrogens is 1. The summed E-state index contributed by atoms with van der Waals surface area (Å²) in [6.45, 7) is 5.78. The van der Waals surface area contributed by atoms with E-state index >= 15 is 0 Å². The van der Waals surface area contributed by atoms with Gasteiger partial charge in [-0.05, 0) is 43.7 Å². The molecule has 1 heterocycles. The average Bonchev–Trinajstić information content (AvgIpc) is 2.78. The monoisotopic (exact) mass is 264 g/mol. The molecule has 0 unspecified atom stereocenters. The van der Waals surface area contributed by atoms with Gasteiger partial charge in [-0.25, -0.2) is 4.98 Å². The Morgan fingerprint density at radius 1 is 1.39 bits per heavy atom. The van der Waals surface area contributed by atoms with Crippen LogP contribution >= 0.6 is 11.6 Å². The zero-order valence-electron chi connectivity index (χ0n) is 10.7. The molecular weight excluding hydrogens is 248 g/mol. The zero-order valence-corrected chi connectivity index (χ0v) is 11.4. The topological polar surface area (TPSA) is 38.1 Å². The van der Waals surface area contributed by atoms with Crippen molar-refractivity contribution < 1.29 is 4.42 Å². The van der Waals surface area contributed by atoms with E-state index in [0.29, 0.717) is 12.4 Å². The van der Waals surface area contributed by atoms with Crippen molar-refractivity contribution in [2.24, 2.45) is 0 Å². The smallest absolute Gasteiger partial charge is 0.208 e. The normalized spacial score (nSPS) is 10.8. The third-order valence-electron chi connectivity index (χ3n) is 2.71. The fourth-order valence-electron chi connectivity index (χ4n) is 1.79. The maximum Gasteiger partial charge on any atom is 0.208 e. The summed E-state index contributed by atoms with van der Waals surface area (Å²) in [6, 6.07) is 5.75. The Balaban J connectivity index is 2.13. The molecule has 0 spiro atoms. The summed E-state index contributed by atoms with van der Waals surface area (Å²) >= 11 is 5.94. The van der Waals surface area contributed by atoms with Gasteiger partial charge in [-0.2, -0.15) is 0 Å². The first-order valence-corrected chi connectivity index (χ1v) is 6.50. The van der Waals surface area contributed by atoms with Crippen LogP contribution in [0.15, 0.2) is 28.8 Å². The van der Waals surface area contributed by atoms with Crippen molar-refractivity contribution in [2.75, 3.05) is 6.54 Å². The van der Waals surface area contributed by atoms with Gasteiger partial charge in [0.15, 0.2) is 5.76 Å². The Hall–Kier alpha value is -1.32. The van der Waals surface area contributed by atoms with Crippen LogP contribution in [-0.2, 0) is 6.54 Å². The van der Waals surface area contributed by atoms with Gasteiger partial charge in [-0.3, -0.25) is 0 Å². The number of oxazole rings is 1. The number of aryl methyl sites for hydroxylation is 1. The van der Waals surface area contributed by atoms with E-state index < -0.39 is 0 Å². The lowest BCUT2D eigenvalue weighted by Gasteiger charge is -2.02. The van der Waals surface area contributed by atoms with Crippen LogP contribution in [0.1, 0.15) is 24.8 Å². The number of benzene rings is 1. The highest BCUT2D eigenvalue weighted by Crippen LogP contribution is 2.26. The van der Waals surface area contributed by atoms with Gasteiger partial charge in [0, 0.05) is 10.6 Å². The molecule has 0 saturated carbocycles. The van der Waals surface area contributed by atoms with Crippen molar-refractivity contribution in [3.63, 3.8) is 0 Å². The van der Waals surface area contributed by atoms with Crippen molar-refractivity contribution in [1.29, 1.82) is 0 Å². The van der Waals surface area contributed by atoms with Crippen LogP contribution in [0.25, 0.3) is 11.3 Å². The Kier molecular flexibility index (Phi) is 4.39. The van der Waals surface area contributed by atoms with E-state index in [-0.39, 0.29) is 0 Å². The third-order valence-corrected chi connectivity index (χ3v) is 2.95. The van der Waals surface area contributed by atoms with E-state index in [4.69, 9.17) is 16.0 Å². The molecule has 18 heavy (non-hydrogen) atoms. The molecule has 3 nitrogen and oxygen atoms in total. The molecule has 0 fully saturated rings. The summed E-state index contributed by atoms with van der Waals surface area (Å²) in [7, 11) is 0. The summed E-state index contributed by atoms with van der Waals surface area (Å²) in [5.41, 5.74) is 2.13. The van der Waals surface area contributed by atoms with Crippen LogP contribution in [-0.4, -0.2) is 11.5 Å². The van der Waals surface area contributed by atoms with Crippen LogP contribution in [0.4, 0.5) is 0 Å². The molecule has 96 valence electrons. The van der Waals surface area contributed by atoms with E-state index in [9.17, 15) is 0 Å². The van der Waals surface area contributed by atoms with Gasteiger partial charge >= 0.3 is 0 Å². The van der Waals surface area contributed by atoms with E-state index in [0.717, 1.165) is 34.9 Å². The second-order valence-corrected chi connectivity index (χ2v) is 4.69. The maximum absolute atomic E-state index is 5.94. The Bertz CT molecular complexity index is 522. The van der Waals surface area contributed by atoms with Crippen LogP contribution in [0, 0.1) is 6.92 Å². The molecule has 0 atom stereocenters. The van der Waals surface area contributed by atoms with Crippen molar-refractivity contribution in [1.82, 2.24) is 10.3 Å². The molecule has 0 radical (unpaired) electrons. The van der Waals surface area contributed by atoms with Gasteiger partial charge < -0.3 is 9.73 Å². The van der Waals surface area contributed by atoms with Gasteiger partial charge in [0.1, 0.15) is 0 Å². The first kappa shape index (κ1) is 13.1. The van der Waals surface area contributed by atoms with E-state index in [1.807, 2.05) is 25.1 Å². The summed E-state index contributed by atoms with van der Waals surface area (Å²) in [5.74, 6) is 1.50. The second kappa shape index (κ2) is 6.03. The molecule has 2 aromatic rings. The van der Waals surface area contributed by atoms with Gasteiger partial charge in [0.05, 0.1) is 12.7 Å². The molecule has 1 aromatic heterocycles. The highest BCUT2D eigenvalue weighted by atomic mass is 35.5. The van der Waals surface area contributed by atoms with Crippen molar-refractivity contribution in [2.45, 2.75) is 26.8 Å². The average molecular weight is 265 g/mol. The van der Waals surface area contributed by atoms with Crippen molar-refractivity contribution in [3.05, 3.63) is 40.9 Å². The summed E-state index contributed by atoms with van der Waals surface area (Å²) < 4.78 is 5.72. The lowest BCUT2D eigenvalue weighted by atomic mass is 10.1. The van der Waals surface area contributed by atoms with E-state index in [1.54, 1.807) is 6.20 Å². The molecule has 0 aliphatic rings. The van der Waals surface area contributed by atoms with Crippen molar-refractivity contribution in [3.8, 4) is 11.3 Å². The molecule has 1 aromatic carbocycles. The first-order valence-electron chi connectivity index (χ1n) is 6.12. The van der Waals surface area contributed by atoms with Crippen LogP contribution in [0.5, 0.6) is 0 Å². The molecule has 2 rings (SSSR count). The minimum absolute atomic E-state index is 0.667. The van der Waals surface area contributed by atoms with E-state index in [2.05, 4.69) is 17.2 Å². The quantitative estimate of drug-likeness (QED) is 0.835. The number of nitrogens with one attached hydrogen (secondary N) is 1. The molecule has 0 aliphatic carbocycles. The number of hydrogen-bond donors (Lipinski definition) is 1. The predicted molar refractivity (Wildman–Crippen MR) is 73.7 cm³/mol. The Morgan fingerprint density at radius 3 is 2.94 bits per heavy atom. The molecular formula is C14H17ClN2O. The van der Waals surface area contributed by atoms with Gasteiger partial charge in [0.2, 0.25) is 5.89 Å². The van der Waals surface area contributed by atoms with Crippen LogP contribution in [0.2, 0.25) is 5.02 Å². The molecule has 0 saturated heterocycles. The largest absolute Gasteiger partial charge is 0.439 e. The first-order chi connectivity index (χ1) is 8.70. The minimum Gasteiger partial charge on any atom is -0.439 e. The summed E-state index contributed by atoms with van der Waals surface area (Å²) in [4.78, 5) is 4.27. The predicted octanol–water partition coefficient (Wildman–Crippen LogP) is 3.80. The highest BCUT2D eigenvalue weighted by Gasteiger charge is 2.08. The summed E-state index contributed by atoms with van der Waals surface area (Å²) in [5, 5.41) is 4.00. The van der Waals surface area contributed by atoms with Crippen molar-refractivity contribution >= 4 is 11.6 Å². The lowest BCUT2D eigenvalue weighted by molar-refractivity contribution is 0.477. The minimum atomic E-state index is 0.667. The second-order valence-electron chi connectivity index (χ2n) is 4.25. The molecule has 0 amide bonds. The van der Waals surface area contributed by atoms with Gasteiger partial charge in [-0.1, -0.05) is 18.5 Å². The Labute approximate surface area is 112 Å². The maximum atomic E-state index is 5.94. The van der Waals surface area contributed by atoms with Crippen LogP contribution in [0.3, 0.4) is 0 Å². The number of nitrogens with zero attached hydrogens (tertiary/aromatic N) is 1. The van der Waals surface area contributed by atoms with Crippen LogP contribution < -0.4 is 5.32 Å². The number of halogens is 1. The zero-order chi connectivity index (χ0) is 13.0. The number of hydrogen-bond acceptors (Lipinski definition) is 3. The lowest BCUT2D eigenvalue weighted by Crippen LogP contribution is -2.13. The third kappa shape index (κ3) is 3.12. The molecule has 0 aliphatic heterocycles. The standard InChI is InChI=1S/C14H17ClN2O/c1-3-6-16-9-14-17-8-13(18-14)12-5-4-11(15)7-10(12)2/h4-5,7-8,16H,3,6,9H2,1-2H3. The fourth-order valence-corrected chi connectivity index (χ4v) is 2.02.